The van der Waals surface area contributed by atoms with Crippen LogP contribution >= 0.6 is 0 Å². The first-order valence-electron chi connectivity index (χ1n) is 42.1. The standard InChI is InChI=1S/C99H105N7O12/c1-96(2,3)59-20-29-66(30-21-59)115-78-49-72-82-73(93(110)105(92(72)109)76(46-57-37-41-100-42-38-57)90(107)103-64-17-13-15-56(45-64)19-28-70-54-113-70)50-79(116-67-31-22-60(23-32-67)97(4,5)6)85-87-81(118-69-35-26-62(27-36-69)99(10,11)12)52-75-83-74(51-80(86(89(83)87)84(78)88(82)85)117-68-33-24-61(25-34-68)98(7,8)9)94(111)106(95(75)112)77(47-58-39-43-101-44-40-58)91(108)104-65-18-14-16-63(48-65)102-53-71-55-114-71/h20-27,29-44,49-52,56,63-65,70-71,76-77,102H,13-19,28,45-48,53-55H2,1-12H3,(H,103,107)(H,104,108). The summed E-state index contributed by atoms with van der Waals surface area (Å²) >= 11 is 0. The Morgan fingerprint density at radius 1 is 0.398 bits per heavy atom. The lowest BCUT2D eigenvalue weighted by molar-refractivity contribution is -0.126. The maximum Gasteiger partial charge on any atom is 0.262 e. The third-order valence-electron chi connectivity index (χ3n) is 24.8. The number of imide groups is 2. The molecule has 118 heavy (non-hydrogen) atoms. The molecule has 6 amide bonds. The second-order valence-electron chi connectivity index (χ2n) is 37.5. The third kappa shape index (κ3) is 16.1. The van der Waals surface area contributed by atoms with Crippen LogP contribution in [-0.2, 0) is 53.6 Å². The Labute approximate surface area is 689 Å². The lowest BCUT2D eigenvalue weighted by atomic mass is 9.80. The van der Waals surface area contributed by atoms with E-state index in [1.54, 1.807) is 73.3 Å². The number of rotatable bonds is 24. The minimum absolute atomic E-state index is 0.0411. The van der Waals surface area contributed by atoms with Gasteiger partial charge in [-0.1, -0.05) is 144 Å². The van der Waals surface area contributed by atoms with Gasteiger partial charge in [-0.2, -0.15) is 0 Å². The predicted molar refractivity (Wildman–Crippen MR) is 458 cm³/mol. The van der Waals surface area contributed by atoms with Gasteiger partial charge in [0, 0.05) is 105 Å². The second kappa shape index (κ2) is 31.3. The van der Waals surface area contributed by atoms with E-state index in [9.17, 15) is 0 Å². The number of pyridine rings is 2. The van der Waals surface area contributed by atoms with Crippen molar-refractivity contribution in [1.29, 1.82) is 0 Å². The van der Waals surface area contributed by atoms with Crippen molar-refractivity contribution in [2.75, 3.05) is 19.8 Å². The summed E-state index contributed by atoms with van der Waals surface area (Å²) in [5, 5.41) is 12.8. The van der Waals surface area contributed by atoms with Gasteiger partial charge in [-0.05, 0) is 209 Å². The number of carbonyl (C=O) groups excluding carboxylic acids is 6. The van der Waals surface area contributed by atoms with E-state index in [2.05, 4.69) is 109 Å². The minimum Gasteiger partial charge on any atom is -0.457 e. The fraction of sp³-hybridized carbons (Fsp3) is 0.394. The topological polar surface area (TPSA) is 233 Å². The van der Waals surface area contributed by atoms with E-state index in [-0.39, 0.29) is 121 Å². The van der Waals surface area contributed by atoms with Crippen LogP contribution in [0.1, 0.15) is 222 Å². The number of aromatic nitrogens is 2. The van der Waals surface area contributed by atoms with E-state index in [0.717, 1.165) is 90.0 Å². The van der Waals surface area contributed by atoms with Crippen molar-refractivity contribution in [3.8, 4) is 46.0 Å². The largest absolute Gasteiger partial charge is 0.457 e. The van der Waals surface area contributed by atoms with E-state index in [1.165, 1.54) is 0 Å². The van der Waals surface area contributed by atoms with E-state index in [1.807, 2.05) is 97.1 Å². The zero-order valence-electron chi connectivity index (χ0n) is 69.6. The van der Waals surface area contributed by atoms with Gasteiger partial charge >= 0.3 is 0 Å². The molecule has 0 radical (unpaired) electrons. The number of nitrogens with zero attached hydrogens (tertiary/aromatic N) is 4. The smallest absolute Gasteiger partial charge is 0.262 e. The Balaban J connectivity index is 0.954. The van der Waals surface area contributed by atoms with Crippen LogP contribution in [0.4, 0.5) is 0 Å². The molecule has 8 atom stereocenters. The summed E-state index contributed by atoms with van der Waals surface area (Å²) in [5.74, 6) is -1.62. The summed E-state index contributed by atoms with van der Waals surface area (Å²) in [5.41, 5.74) is 4.56. The van der Waals surface area contributed by atoms with Crippen LogP contribution < -0.4 is 34.9 Å². The highest BCUT2D eigenvalue weighted by Crippen LogP contribution is 2.59. The first kappa shape index (κ1) is 79.4. The fourth-order valence-corrected chi connectivity index (χ4v) is 18.0. The molecule has 4 aliphatic heterocycles. The van der Waals surface area contributed by atoms with Crippen LogP contribution in [0, 0.1) is 5.92 Å². The van der Waals surface area contributed by atoms with Crippen LogP contribution in [0.15, 0.2) is 170 Å². The average molecular weight is 1580 g/mol. The number of epoxide rings is 2. The van der Waals surface area contributed by atoms with Crippen molar-refractivity contribution in [3.05, 3.63) is 226 Å². The van der Waals surface area contributed by atoms with Crippen molar-refractivity contribution < 1.29 is 57.2 Å². The van der Waals surface area contributed by atoms with Crippen molar-refractivity contribution in [2.45, 2.75) is 224 Å². The molecular weight excluding hydrogens is 1480 g/mol. The molecule has 2 saturated carbocycles. The summed E-state index contributed by atoms with van der Waals surface area (Å²) in [4.78, 5) is 110. The van der Waals surface area contributed by atoms with Crippen LogP contribution in [0.3, 0.4) is 0 Å². The third-order valence-corrected chi connectivity index (χ3v) is 24.8. The maximum atomic E-state index is 17.0. The highest BCUT2D eigenvalue weighted by Gasteiger charge is 2.48. The molecule has 4 fully saturated rings. The zero-order chi connectivity index (χ0) is 82.4. The van der Waals surface area contributed by atoms with E-state index in [0.29, 0.717) is 98.4 Å². The Morgan fingerprint density at radius 3 is 1.03 bits per heavy atom. The van der Waals surface area contributed by atoms with Crippen LogP contribution in [0.2, 0.25) is 0 Å². The molecule has 608 valence electrons. The first-order chi connectivity index (χ1) is 56.4. The fourth-order valence-electron chi connectivity index (χ4n) is 18.0. The molecule has 3 N–H and O–H groups in total. The van der Waals surface area contributed by atoms with Crippen molar-refractivity contribution in [2.24, 2.45) is 5.92 Å². The Hall–Kier alpha value is -11.1. The molecule has 2 saturated heterocycles. The average Bonchev–Trinajstić information content (AvgIpc) is 0.845. The number of amides is 6. The number of hydrogen-bond acceptors (Lipinski definition) is 15. The Kier molecular flexibility index (Phi) is 21.1. The van der Waals surface area contributed by atoms with Gasteiger partial charge < -0.3 is 44.4 Å². The summed E-state index contributed by atoms with van der Waals surface area (Å²) in [7, 11) is 0. The number of hydrogen-bond donors (Lipinski definition) is 3. The lowest BCUT2D eigenvalue weighted by Gasteiger charge is -2.37. The van der Waals surface area contributed by atoms with Crippen LogP contribution in [-0.4, -0.2) is 117 Å². The summed E-state index contributed by atoms with van der Waals surface area (Å²) in [6.45, 7) is 27.8. The maximum absolute atomic E-state index is 17.0. The van der Waals surface area contributed by atoms with Crippen molar-refractivity contribution >= 4 is 78.5 Å². The number of nitrogens with one attached hydrogen (secondary N) is 3. The highest BCUT2D eigenvalue weighted by atomic mass is 16.6. The SMILES string of the molecule is CC(C)(C)c1ccc(Oc2cc3c4c(cc(Oc5ccc(C(C)(C)C)cc5)c5c6c(Oc7ccc(C(C)(C)C)cc7)cc7c8c(cc(Oc9ccc(C(C)(C)C)cc9)c(c2c45)c86)C(=O)N(C(Cc2ccncc2)C(=O)NC2CCCC(NCC4CO4)C2)C7=O)C(=O)N(C(Cc2ccncc2)C(=O)NC2CCCC(CCC4CO4)C2)C3=O)cc1. The molecule has 19 nitrogen and oxygen atoms in total. The van der Waals surface area contributed by atoms with Crippen molar-refractivity contribution in [1.82, 2.24) is 35.7 Å². The first-order valence-corrected chi connectivity index (χ1v) is 42.1. The molecule has 0 spiro atoms. The monoisotopic (exact) mass is 1580 g/mol. The molecule has 17 rings (SSSR count). The van der Waals surface area contributed by atoms with Gasteiger partial charge in [-0.15, -0.1) is 0 Å². The predicted octanol–water partition coefficient (Wildman–Crippen LogP) is 19.6. The quantitative estimate of drug-likeness (QED) is 0.0221. The molecule has 2 aromatic heterocycles. The van der Waals surface area contributed by atoms with E-state index >= 15 is 28.8 Å². The Morgan fingerprint density at radius 2 is 0.712 bits per heavy atom. The molecule has 2 aliphatic carbocycles. The van der Waals surface area contributed by atoms with Gasteiger partial charge in [0.2, 0.25) is 11.8 Å². The molecular formula is C99H105N7O12. The van der Waals surface area contributed by atoms with Gasteiger partial charge in [0.1, 0.15) is 58.1 Å². The summed E-state index contributed by atoms with van der Waals surface area (Å²) < 4.78 is 41.2. The number of carbonyl (C=O) groups is 6. The van der Waals surface area contributed by atoms with E-state index in [4.69, 9.17) is 28.4 Å². The molecule has 11 aromatic rings. The molecule has 6 aliphatic rings. The van der Waals surface area contributed by atoms with Crippen LogP contribution in [0.25, 0.3) is 43.1 Å². The van der Waals surface area contributed by atoms with Gasteiger partial charge in [0.15, 0.2) is 0 Å². The molecule has 9 aromatic carbocycles. The number of benzene rings is 9. The van der Waals surface area contributed by atoms with Gasteiger partial charge in [0.25, 0.3) is 23.6 Å². The number of fused-ring (bicyclic) bond motifs is 2. The molecule has 8 unspecified atom stereocenters. The highest BCUT2D eigenvalue weighted by molar-refractivity contribution is 6.45. The van der Waals surface area contributed by atoms with Gasteiger partial charge in [-0.3, -0.25) is 48.5 Å². The summed E-state index contributed by atoms with van der Waals surface area (Å²) in [6, 6.07) is 41.7. The van der Waals surface area contributed by atoms with Gasteiger partial charge in [-0.25, -0.2) is 0 Å². The molecule has 19 heteroatoms. The van der Waals surface area contributed by atoms with Crippen molar-refractivity contribution in [3.63, 3.8) is 0 Å². The molecule has 6 heterocycles. The summed E-state index contributed by atoms with van der Waals surface area (Å²) in [6.07, 6.45) is 15.3. The second-order valence-corrected chi connectivity index (χ2v) is 37.5. The van der Waals surface area contributed by atoms with Crippen LogP contribution in [0.5, 0.6) is 46.0 Å². The minimum atomic E-state index is -1.40. The number of ether oxygens (including phenoxy) is 6. The van der Waals surface area contributed by atoms with E-state index < -0.39 is 47.5 Å². The lowest BCUT2D eigenvalue weighted by Crippen LogP contribution is -2.57. The normalized spacial score (nSPS) is 20.0. The van der Waals surface area contributed by atoms with Gasteiger partial charge in [0.05, 0.1) is 47.7 Å². The Bertz CT molecular complexity index is 5100. The molecule has 0 bridgehead atoms. The zero-order valence-corrected chi connectivity index (χ0v) is 69.6.